The molecule has 5 rings (SSSR count). The Morgan fingerprint density at radius 1 is 0.903 bits per heavy atom. The van der Waals surface area contributed by atoms with Crippen molar-refractivity contribution < 1.29 is 0 Å². The molecular formula is C26H24ClN3S. The number of aromatic nitrogens is 1. The van der Waals surface area contributed by atoms with Gasteiger partial charge in [-0.25, -0.2) is 4.98 Å². The third-order valence-electron chi connectivity index (χ3n) is 5.42. The average Bonchev–Trinajstić information content (AvgIpc) is 3.27. The minimum absolute atomic E-state index is 0. The lowest BCUT2D eigenvalue weighted by molar-refractivity contribution is 0.738. The summed E-state index contributed by atoms with van der Waals surface area (Å²) in [5.41, 5.74) is 6.58. The van der Waals surface area contributed by atoms with E-state index in [0.717, 1.165) is 39.8 Å². The largest absolute Gasteiger partial charge is 0.335 e. The van der Waals surface area contributed by atoms with E-state index in [4.69, 9.17) is 9.98 Å². The monoisotopic (exact) mass is 445 g/mol. The molecule has 3 aromatic carbocycles. The maximum absolute atomic E-state index is 4.94. The third-order valence-corrected chi connectivity index (χ3v) is 6.45. The number of nitrogens with one attached hydrogen (secondary N) is 1. The van der Waals surface area contributed by atoms with Crippen molar-refractivity contribution >= 4 is 45.9 Å². The van der Waals surface area contributed by atoms with Crippen LogP contribution in [-0.4, -0.2) is 21.9 Å². The first-order chi connectivity index (χ1) is 14.8. The molecule has 3 nitrogen and oxygen atoms in total. The molecule has 2 heterocycles. The number of fused-ring (bicyclic) bond motifs is 1. The van der Waals surface area contributed by atoms with Crippen LogP contribution in [0.5, 0.6) is 0 Å². The SMILES string of the molecule is CCC1CSC(Nc2ccc(-c3cc(-c4ccccc4)c4ccccc4n3)cc2)=N1.Cl. The van der Waals surface area contributed by atoms with Crippen LogP contribution in [0.25, 0.3) is 33.3 Å². The fraction of sp³-hybridized carbons (Fsp3) is 0.154. The molecular weight excluding hydrogens is 422 g/mol. The molecule has 1 aliphatic heterocycles. The summed E-state index contributed by atoms with van der Waals surface area (Å²) in [5, 5.41) is 5.64. The Kier molecular flexibility index (Phi) is 6.59. The summed E-state index contributed by atoms with van der Waals surface area (Å²) >= 11 is 1.80. The zero-order chi connectivity index (χ0) is 20.3. The molecule has 4 aromatic rings. The van der Waals surface area contributed by atoms with E-state index in [0.29, 0.717) is 6.04 Å². The highest BCUT2D eigenvalue weighted by Crippen LogP contribution is 2.32. The fourth-order valence-electron chi connectivity index (χ4n) is 3.72. The summed E-state index contributed by atoms with van der Waals surface area (Å²) in [4.78, 5) is 9.66. The molecule has 1 N–H and O–H groups in total. The van der Waals surface area contributed by atoms with Crippen LogP contribution < -0.4 is 5.32 Å². The number of para-hydroxylation sites is 1. The number of thioether (sulfide) groups is 1. The third kappa shape index (κ3) is 4.60. The van der Waals surface area contributed by atoms with Gasteiger partial charge in [0.25, 0.3) is 0 Å². The van der Waals surface area contributed by atoms with Crippen LogP contribution in [0.2, 0.25) is 0 Å². The second-order valence-electron chi connectivity index (χ2n) is 7.45. The second-order valence-corrected chi connectivity index (χ2v) is 8.46. The first kappa shape index (κ1) is 21.4. The lowest BCUT2D eigenvalue weighted by atomic mass is 9.98. The molecule has 1 aromatic heterocycles. The standard InChI is InChI=1S/C26H23N3S.ClH/c1-2-20-17-30-26(27-20)28-21-14-12-19(13-15-21)25-16-23(18-8-4-3-5-9-18)22-10-6-7-11-24(22)29-25;/h3-16,20H,2,17H2,1H3,(H,27,28);1H. The van der Waals surface area contributed by atoms with Crippen LogP contribution in [0.1, 0.15) is 13.3 Å². The van der Waals surface area contributed by atoms with Gasteiger partial charge in [0.1, 0.15) is 0 Å². The summed E-state index contributed by atoms with van der Waals surface area (Å²) < 4.78 is 0. The Balaban J connectivity index is 0.00000231. The van der Waals surface area contributed by atoms with Crippen LogP contribution in [0.4, 0.5) is 5.69 Å². The van der Waals surface area contributed by atoms with Crippen LogP contribution >= 0.6 is 24.2 Å². The normalized spacial score (nSPS) is 15.4. The first-order valence-electron chi connectivity index (χ1n) is 10.3. The molecule has 1 atom stereocenters. The van der Waals surface area contributed by atoms with E-state index in [-0.39, 0.29) is 12.4 Å². The predicted octanol–water partition coefficient (Wildman–Crippen LogP) is 7.28. The molecule has 1 aliphatic rings. The number of halogens is 1. The molecule has 156 valence electrons. The van der Waals surface area contributed by atoms with Crippen LogP contribution in [0.3, 0.4) is 0 Å². The number of hydrogen-bond donors (Lipinski definition) is 1. The molecule has 0 radical (unpaired) electrons. The maximum atomic E-state index is 4.94. The Labute approximate surface area is 193 Å². The van der Waals surface area contributed by atoms with E-state index in [1.54, 1.807) is 11.8 Å². The molecule has 0 aliphatic carbocycles. The predicted molar refractivity (Wildman–Crippen MR) is 137 cm³/mol. The van der Waals surface area contributed by atoms with Gasteiger partial charge in [-0.15, -0.1) is 12.4 Å². The van der Waals surface area contributed by atoms with Crippen molar-refractivity contribution in [3.8, 4) is 22.4 Å². The van der Waals surface area contributed by atoms with E-state index in [1.807, 2.05) is 6.07 Å². The van der Waals surface area contributed by atoms with Gasteiger partial charge in [-0.05, 0) is 41.8 Å². The van der Waals surface area contributed by atoms with Gasteiger partial charge >= 0.3 is 0 Å². The Hall–Kier alpha value is -2.82. The van der Waals surface area contributed by atoms with E-state index in [2.05, 4.69) is 91.1 Å². The Morgan fingerprint density at radius 3 is 2.39 bits per heavy atom. The van der Waals surface area contributed by atoms with Crippen molar-refractivity contribution in [3.05, 3.63) is 84.9 Å². The number of aliphatic imine (C=N–C) groups is 1. The summed E-state index contributed by atoms with van der Waals surface area (Å²) in [6.07, 6.45) is 1.09. The topological polar surface area (TPSA) is 37.3 Å². The average molecular weight is 446 g/mol. The fourth-order valence-corrected chi connectivity index (χ4v) is 4.79. The van der Waals surface area contributed by atoms with E-state index < -0.39 is 0 Å². The molecule has 0 saturated carbocycles. The Morgan fingerprint density at radius 2 is 1.65 bits per heavy atom. The Bertz CT molecular complexity index is 1210. The molecule has 0 fully saturated rings. The first-order valence-corrected chi connectivity index (χ1v) is 11.3. The lowest BCUT2D eigenvalue weighted by Crippen LogP contribution is -2.05. The highest BCUT2D eigenvalue weighted by molar-refractivity contribution is 8.14. The highest BCUT2D eigenvalue weighted by Gasteiger charge is 2.16. The van der Waals surface area contributed by atoms with Crippen molar-refractivity contribution in [2.75, 3.05) is 11.1 Å². The number of pyridine rings is 1. The van der Waals surface area contributed by atoms with E-state index in [1.165, 1.54) is 16.5 Å². The van der Waals surface area contributed by atoms with Gasteiger partial charge in [-0.2, -0.15) is 0 Å². The van der Waals surface area contributed by atoms with E-state index >= 15 is 0 Å². The van der Waals surface area contributed by atoms with Crippen molar-refractivity contribution in [2.45, 2.75) is 19.4 Å². The molecule has 31 heavy (non-hydrogen) atoms. The zero-order valence-electron chi connectivity index (χ0n) is 17.3. The van der Waals surface area contributed by atoms with Crippen LogP contribution in [0.15, 0.2) is 89.9 Å². The van der Waals surface area contributed by atoms with Crippen LogP contribution in [0, 0.1) is 0 Å². The molecule has 1 unspecified atom stereocenters. The van der Waals surface area contributed by atoms with Gasteiger partial charge in [0.15, 0.2) is 5.17 Å². The van der Waals surface area contributed by atoms with Gasteiger partial charge in [-0.1, -0.05) is 79.3 Å². The van der Waals surface area contributed by atoms with Gasteiger partial charge in [0.05, 0.1) is 17.3 Å². The number of benzene rings is 3. The molecule has 0 spiro atoms. The minimum atomic E-state index is 0. The second kappa shape index (κ2) is 9.54. The van der Waals surface area contributed by atoms with Crippen molar-refractivity contribution in [2.24, 2.45) is 4.99 Å². The zero-order valence-corrected chi connectivity index (χ0v) is 18.9. The summed E-state index contributed by atoms with van der Waals surface area (Å²) in [7, 11) is 0. The lowest BCUT2D eigenvalue weighted by Gasteiger charge is -2.11. The van der Waals surface area contributed by atoms with Crippen molar-refractivity contribution in [1.29, 1.82) is 0 Å². The van der Waals surface area contributed by atoms with Crippen LogP contribution in [-0.2, 0) is 0 Å². The quantitative estimate of drug-likeness (QED) is 0.358. The number of amidine groups is 1. The maximum Gasteiger partial charge on any atom is 0.161 e. The number of hydrogen-bond acceptors (Lipinski definition) is 4. The minimum Gasteiger partial charge on any atom is -0.335 e. The van der Waals surface area contributed by atoms with E-state index in [9.17, 15) is 0 Å². The molecule has 0 bridgehead atoms. The summed E-state index contributed by atoms with van der Waals surface area (Å²) in [6.45, 7) is 2.19. The number of anilines is 1. The van der Waals surface area contributed by atoms with Gasteiger partial charge in [-0.3, -0.25) is 4.99 Å². The van der Waals surface area contributed by atoms with Gasteiger partial charge < -0.3 is 5.32 Å². The van der Waals surface area contributed by atoms with Crippen molar-refractivity contribution in [1.82, 2.24) is 4.98 Å². The van der Waals surface area contributed by atoms with Gasteiger partial charge in [0.2, 0.25) is 0 Å². The summed E-state index contributed by atoms with van der Waals surface area (Å²) in [5.74, 6) is 1.07. The molecule has 0 amide bonds. The van der Waals surface area contributed by atoms with Gasteiger partial charge in [0, 0.05) is 22.4 Å². The smallest absolute Gasteiger partial charge is 0.161 e. The molecule has 0 saturated heterocycles. The highest BCUT2D eigenvalue weighted by atomic mass is 35.5. The number of rotatable bonds is 4. The van der Waals surface area contributed by atoms with Crippen molar-refractivity contribution in [3.63, 3.8) is 0 Å². The summed E-state index contributed by atoms with van der Waals surface area (Å²) in [6, 6.07) is 30.0. The molecule has 5 heteroatoms. The number of nitrogens with zero attached hydrogens (tertiary/aromatic N) is 2.